The fourth-order valence-electron chi connectivity index (χ4n) is 2.61. The summed E-state index contributed by atoms with van der Waals surface area (Å²) in [5.41, 5.74) is 0.542. The van der Waals surface area contributed by atoms with Crippen molar-refractivity contribution in [2.45, 2.75) is 19.6 Å². The Balaban J connectivity index is 1.88. The molecule has 1 aromatic heterocycles. The van der Waals surface area contributed by atoms with Gasteiger partial charge in [0.2, 0.25) is 0 Å². The van der Waals surface area contributed by atoms with Crippen LogP contribution in [-0.2, 0) is 11.3 Å². The van der Waals surface area contributed by atoms with E-state index < -0.39 is 23.6 Å². The minimum absolute atomic E-state index is 0.0239. The molecular weight excluding hydrogens is 386 g/mol. The van der Waals surface area contributed by atoms with Gasteiger partial charge in [-0.1, -0.05) is 35.9 Å². The fourth-order valence-corrected chi connectivity index (χ4v) is 2.83. The van der Waals surface area contributed by atoms with Crippen molar-refractivity contribution in [3.63, 3.8) is 0 Å². The minimum Gasteiger partial charge on any atom is -0.478 e. The third-order valence-corrected chi connectivity index (χ3v) is 4.38. The summed E-state index contributed by atoms with van der Waals surface area (Å²) in [6.07, 6.45) is 0.558. The first-order chi connectivity index (χ1) is 13.5. The third-order valence-electron chi connectivity index (χ3n) is 4.02. The third kappa shape index (κ3) is 4.64. The summed E-state index contributed by atoms with van der Waals surface area (Å²) in [6, 6.07) is 14.9. The van der Waals surface area contributed by atoms with Crippen LogP contribution in [0.3, 0.4) is 0 Å². The molecule has 0 saturated carbocycles. The number of aromatic nitrogens is 1. The van der Waals surface area contributed by atoms with Crippen LogP contribution in [-0.4, -0.2) is 17.0 Å². The van der Waals surface area contributed by atoms with E-state index in [1.54, 1.807) is 30.5 Å². The first-order valence-corrected chi connectivity index (χ1v) is 8.91. The molecule has 0 aliphatic rings. The van der Waals surface area contributed by atoms with E-state index in [-0.39, 0.29) is 17.3 Å². The first kappa shape index (κ1) is 19.8. The lowest BCUT2D eigenvalue weighted by molar-refractivity contribution is -0.124. The predicted octanol–water partition coefficient (Wildman–Crippen LogP) is 5.01. The zero-order valence-electron chi connectivity index (χ0n) is 15.0. The molecule has 2 aromatic carbocycles. The van der Waals surface area contributed by atoms with Crippen LogP contribution in [0.15, 0.2) is 66.9 Å². The van der Waals surface area contributed by atoms with Gasteiger partial charge in [0.1, 0.15) is 11.6 Å². The summed E-state index contributed by atoms with van der Waals surface area (Å²) in [5, 5.41) is 0.191. The van der Waals surface area contributed by atoms with Crippen molar-refractivity contribution in [2.24, 2.45) is 0 Å². The van der Waals surface area contributed by atoms with Crippen LogP contribution in [0.25, 0.3) is 0 Å². The number of pyridine rings is 1. The largest absolute Gasteiger partial charge is 0.478 e. The highest BCUT2D eigenvalue weighted by molar-refractivity contribution is 6.31. The van der Waals surface area contributed by atoms with E-state index in [0.717, 1.165) is 0 Å². The van der Waals surface area contributed by atoms with E-state index in [9.17, 15) is 13.6 Å². The van der Waals surface area contributed by atoms with E-state index in [2.05, 4.69) is 4.98 Å². The number of nitrogens with zero attached hydrogens (tertiary/aromatic N) is 2. The quantitative estimate of drug-likeness (QED) is 0.581. The van der Waals surface area contributed by atoms with Gasteiger partial charge < -0.3 is 4.74 Å². The van der Waals surface area contributed by atoms with E-state index in [1.807, 2.05) is 0 Å². The van der Waals surface area contributed by atoms with Crippen molar-refractivity contribution in [3.05, 3.63) is 89.1 Å². The van der Waals surface area contributed by atoms with Crippen LogP contribution < -0.4 is 9.64 Å². The number of ether oxygens (including phenoxy) is 1. The number of halogens is 3. The van der Waals surface area contributed by atoms with Crippen molar-refractivity contribution in [2.75, 3.05) is 4.90 Å². The molecule has 3 aromatic rings. The highest BCUT2D eigenvalue weighted by Gasteiger charge is 2.26. The molecule has 0 unspecified atom stereocenters. The second kappa shape index (κ2) is 8.80. The van der Waals surface area contributed by atoms with Crippen molar-refractivity contribution < 1.29 is 18.3 Å². The van der Waals surface area contributed by atoms with Crippen LogP contribution in [0.1, 0.15) is 12.5 Å². The molecule has 0 saturated heterocycles. The molecule has 0 bridgehead atoms. The van der Waals surface area contributed by atoms with Crippen LogP contribution in [0.4, 0.5) is 14.6 Å². The Kier molecular flexibility index (Phi) is 6.21. The standard InChI is InChI=1S/C21H17ClF2N2O2/c1-14(28-19-7-3-2-6-18(19)24)21(27)26(20-8-4-5-11-25-20)13-15-9-10-16(23)12-17(15)22/h2-12,14H,13H2,1H3/t14-/m0/s1. The van der Waals surface area contributed by atoms with Gasteiger partial charge in [-0.25, -0.2) is 13.8 Å². The summed E-state index contributed by atoms with van der Waals surface area (Å²) in [7, 11) is 0. The van der Waals surface area contributed by atoms with Gasteiger partial charge in [0.05, 0.1) is 6.54 Å². The van der Waals surface area contributed by atoms with E-state index in [4.69, 9.17) is 16.3 Å². The number of benzene rings is 2. The highest BCUT2D eigenvalue weighted by atomic mass is 35.5. The van der Waals surface area contributed by atoms with Gasteiger partial charge in [0.25, 0.3) is 5.91 Å². The summed E-state index contributed by atoms with van der Waals surface area (Å²) < 4.78 is 32.7. The Bertz CT molecular complexity index is 970. The molecule has 4 nitrogen and oxygen atoms in total. The van der Waals surface area contributed by atoms with Crippen LogP contribution in [0, 0.1) is 11.6 Å². The molecule has 0 radical (unpaired) electrons. The lowest BCUT2D eigenvalue weighted by Gasteiger charge is -2.26. The van der Waals surface area contributed by atoms with Crippen molar-refractivity contribution in [3.8, 4) is 5.75 Å². The second-order valence-electron chi connectivity index (χ2n) is 6.04. The Morgan fingerprint density at radius 3 is 2.57 bits per heavy atom. The maximum atomic E-state index is 13.9. The smallest absolute Gasteiger partial charge is 0.269 e. The van der Waals surface area contributed by atoms with Gasteiger partial charge in [-0.3, -0.25) is 9.69 Å². The van der Waals surface area contributed by atoms with E-state index in [0.29, 0.717) is 11.4 Å². The summed E-state index contributed by atoms with van der Waals surface area (Å²) in [6.45, 7) is 1.58. The molecule has 0 spiro atoms. The van der Waals surface area contributed by atoms with E-state index in [1.165, 1.54) is 48.2 Å². The van der Waals surface area contributed by atoms with Crippen LogP contribution in [0.5, 0.6) is 5.75 Å². The number of para-hydroxylation sites is 1. The molecule has 7 heteroatoms. The topological polar surface area (TPSA) is 42.4 Å². The van der Waals surface area contributed by atoms with Crippen molar-refractivity contribution >= 4 is 23.3 Å². The lowest BCUT2D eigenvalue weighted by Crippen LogP contribution is -2.40. The number of hydrogen-bond donors (Lipinski definition) is 0. The Morgan fingerprint density at radius 1 is 1.14 bits per heavy atom. The van der Waals surface area contributed by atoms with Gasteiger partial charge in [-0.15, -0.1) is 0 Å². The first-order valence-electron chi connectivity index (χ1n) is 8.53. The minimum atomic E-state index is -0.988. The average Bonchev–Trinajstić information content (AvgIpc) is 2.69. The van der Waals surface area contributed by atoms with E-state index >= 15 is 0 Å². The zero-order valence-corrected chi connectivity index (χ0v) is 15.7. The molecule has 1 atom stereocenters. The number of anilines is 1. The predicted molar refractivity (Wildman–Crippen MR) is 103 cm³/mol. The number of amides is 1. The Morgan fingerprint density at radius 2 is 1.89 bits per heavy atom. The molecule has 28 heavy (non-hydrogen) atoms. The molecule has 0 aliphatic carbocycles. The highest BCUT2D eigenvalue weighted by Crippen LogP contribution is 2.24. The van der Waals surface area contributed by atoms with Crippen LogP contribution in [0.2, 0.25) is 5.02 Å². The molecule has 1 heterocycles. The van der Waals surface area contributed by atoms with Gasteiger partial charge in [0.15, 0.2) is 17.7 Å². The Labute approximate surface area is 166 Å². The number of carbonyl (C=O) groups is 1. The summed E-state index contributed by atoms with van der Waals surface area (Å²) in [4.78, 5) is 18.6. The number of carbonyl (C=O) groups excluding carboxylic acids is 1. The average molecular weight is 403 g/mol. The van der Waals surface area contributed by atoms with Gasteiger partial charge in [-0.2, -0.15) is 0 Å². The molecular formula is C21H17ClF2N2O2. The van der Waals surface area contributed by atoms with Gasteiger partial charge >= 0.3 is 0 Å². The SMILES string of the molecule is C[C@H](Oc1ccccc1F)C(=O)N(Cc1ccc(F)cc1Cl)c1ccccn1. The fraction of sp³-hybridized carbons (Fsp3) is 0.143. The second-order valence-corrected chi connectivity index (χ2v) is 6.45. The summed E-state index contributed by atoms with van der Waals surface area (Å²) >= 11 is 6.12. The zero-order chi connectivity index (χ0) is 20.1. The molecule has 0 N–H and O–H groups in total. The van der Waals surface area contributed by atoms with Crippen LogP contribution >= 0.6 is 11.6 Å². The maximum absolute atomic E-state index is 13.9. The molecule has 0 aliphatic heterocycles. The normalized spacial score (nSPS) is 11.7. The lowest BCUT2D eigenvalue weighted by atomic mass is 10.2. The maximum Gasteiger partial charge on any atom is 0.269 e. The summed E-state index contributed by atoms with van der Waals surface area (Å²) in [5.74, 6) is -1.13. The van der Waals surface area contributed by atoms with Gasteiger partial charge in [-0.05, 0) is 48.9 Å². The number of rotatable bonds is 6. The molecule has 3 rings (SSSR count). The monoisotopic (exact) mass is 402 g/mol. The number of hydrogen-bond acceptors (Lipinski definition) is 3. The molecule has 1 amide bonds. The molecule has 144 valence electrons. The van der Waals surface area contributed by atoms with Gasteiger partial charge in [0, 0.05) is 11.2 Å². The van der Waals surface area contributed by atoms with Crippen molar-refractivity contribution in [1.82, 2.24) is 4.98 Å². The molecule has 0 fully saturated rings. The Hall–Kier alpha value is -2.99. The van der Waals surface area contributed by atoms with Crippen molar-refractivity contribution in [1.29, 1.82) is 0 Å².